The molecule has 0 radical (unpaired) electrons. The summed E-state index contributed by atoms with van der Waals surface area (Å²) < 4.78 is 1.16. The van der Waals surface area contributed by atoms with Gasteiger partial charge in [-0.3, -0.25) is 0 Å². The minimum atomic E-state index is 0.0993. The Kier molecular flexibility index (Phi) is 4.16. The number of hydrogen-bond acceptors (Lipinski definition) is 3. The van der Waals surface area contributed by atoms with E-state index in [2.05, 4.69) is 39.0 Å². The first kappa shape index (κ1) is 12.3. The van der Waals surface area contributed by atoms with Crippen molar-refractivity contribution in [3.05, 3.63) is 28.2 Å². The van der Waals surface area contributed by atoms with E-state index in [4.69, 9.17) is 5.73 Å². The van der Waals surface area contributed by atoms with E-state index in [0.29, 0.717) is 0 Å². The Morgan fingerprint density at radius 3 is 2.62 bits per heavy atom. The summed E-state index contributed by atoms with van der Waals surface area (Å²) in [5.41, 5.74) is 8.35. The number of rotatable bonds is 2. The number of thioether (sulfide) groups is 1. The van der Waals surface area contributed by atoms with Crippen molar-refractivity contribution in [2.24, 2.45) is 5.73 Å². The molecule has 1 aliphatic rings. The predicted octanol–water partition coefficient (Wildman–Crippen LogP) is 3.02. The number of halogens is 1. The summed E-state index contributed by atoms with van der Waals surface area (Å²) >= 11 is 5.68. The molecule has 1 aliphatic heterocycles. The van der Waals surface area contributed by atoms with Gasteiger partial charge in [-0.05, 0) is 40.5 Å². The molecule has 1 aromatic carbocycles. The summed E-state index contributed by atoms with van der Waals surface area (Å²) in [7, 11) is 0. The normalized spacial score (nSPS) is 18.6. The lowest BCUT2D eigenvalue weighted by Crippen LogP contribution is -2.32. The van der Waals surface area contributed by atoms with Crippen molar-refractivity contribution in [2.75, 3.05) is 29.5 Å². The molecule has 2 rings (SSSR count). The highest BCUT2D eigenvalue weighted by Crippen LogP contribution is 2.30. The Bertz CT molecular complexity index is 362. The van der Waals surface area contributed by atoms with Crippen molar-refractivity contribution in [1.82, 2.24) is 0 Å². The zero-order valence-electron chi connectivity index (χ0n) is 9.45. The number of hydrogen-bond donors (Lipinski definition) is 1. The number of nitrogens with zero attached hydrogens (tertiary/aromatic N) is 1. The van der Waals surface area contributed by atoms with E-state index in [-0.39, 0.29) is 6.04 Å². The molecule has 0 saturated carbocycles. The van der Waals surface area contributed by atoms with Crippen LogP contribution in [0.25, 0.3) is 0 Å². The van der Waals surface area contributed by atoms with Gasteiger partial charge in [0.2, 0.25) is 0 Å². The zero-order chi connectivity index (χ0) is 11.5. The Balaban J connectivity index is 2.21. The third-order valence-corrected chi connectivity index (χ3v) is 4.43. The first-order chi connectivity index (χ1) is 7.68. The minimum absolute atomic E-state index is 0.0993. The lowest BCUT2D eigenvalue weighted by molar-refractivity contribution is 0.813. The molecule has 1 aromatic rings. The molecule has 0 spiro atoms. The van der Waals surface area contributed by atoms with Crippen molar-refractivity contribution >= 4 is 33.4 Å². The molecule has 1 unspecified atom stereocenters. The maximum Gasteiger partial charge on any atom is 0.0511 e. The Morgan fingerprint density at radius 2 is 2.06 bits per heavy atom. The van der Waals surface area contributed by atoms with Crippen LogP contribution in [0.15, 0.2) is 22.7 Å². The van der Waals surface area contributed by atoms with Crippen LogP contribution in [0.3, 0.4) is 0 Å². The third-order valence-electron chi connectivity index (χ3n) is 2.85. The second-order valence-corrected chi connectivity index (χ2v) is 6.18. The molecule has 1 saturated heterocycles. The van der Waals surface area contributed by atoms with E-state index in [1.54, 1.807) is 0 Å². The van der Waals surface area contributed by atoms with Crippen molar-refractivity contribution in [1.29, 1.82) is 0 Å². The lowest BCUT2D eigenvalue weighted by atomic mass is 10.1. The molecule has 0 aliphatic carbocycles. The minimum Gasteiger partial charge on any atom is -0.369 e. The molecule has 88 valence electrons. The first-order valence-electron chi connectivity index (χ1n) is 5.56. The van der Waals surface area contributed by atoms with E-state index in [1.807, 2.05) is 18.7 Å². The van der Waals surface area contributed by atoms with Crippen LogP contribution in [-0.4, -0.2) is 24.6 Å². The van der Waals surface area contributed by atoms with Gasteiger partial charge >= 0.3 is 0 Å². The van der Waals surface area contributed by atoms with E-state index in [0.717, 1.165) is 17.6 Å². The monoisotopic (exact) mass is 300 g/mol. The van der Waals surface area contributed by atoms with E-state index < -0.39 is 0 Å². The predicted molar refractivity (Wildman–Crippen MR) is 76.3 cm³/mol. The van der Waals surface area contributed by atoms with Gasteiger partial charge in [-0.2, -0.15) is 11.8 Å². The fourth-order valence-electron chi connectivity index (χ4n) is 1.87. The first-order valence-corrected chi connectivity index (χ1v) is 7.51. The number of anilines is 1. The molecular weight excluding hydrogens is 284 g/mol. The van der Waals surface area contributed by atoms with Crippen molar-refractivity contribution in [2.45, 2.75) is 13.0 Å². The second kappa shape index (κ2) is 5.43. The van der Waals surface area contributed by atoms with Gasteiger partial charge < -0.3 is 10.6 Å². The van der Waals surface area contributed by atoms with Crippen molar-refractivity contribution < 1.29 is 0 Å². The van der Waals surface area contributed by atoms with Gasteiger partial charge in [0, 0.05) is 35.1 Å². The molecule has 2 nitrogen and oxygen atoms in total. The molecule has 4 heteroatoms. The maximum absolute atomic E-state index is 5.87. The van der Waals surface area contributed by atoms with Gasteiger partial charge in [-0.25, -0.2) is 0 Å². The van der Waals surface area contributed by atoms with Crippen LogP contribution in [0.4, 0.5) is 5.69 Å². The second-order valence-electron chi connectivity index (χ2n) is 4.10. The molecule has 0 aromatic heterocycles. The average molecular weight is 301 g/mol. The SMILES string of the molecule is CC(N)c1ccc(N2CCSCC2)c(Br)c1. The van der Waals surface area contributed by atoms with Crippen molar-refractivity contribution in [3.8, 4) is 0 Å². The summed E-state index contributed by atoms with van der Waals surface area (Å²) in [5.74, 6) is 2.45. The van der Waals surface area contributed by atoms with Gasteiger partial charge in [-0.1, -0.05) is 6.07 Å². The molecule has 1 atom stereocenters. The van der Waals surface area contributed by atoms with Gasteiger partial charge in [0.1, 0.15) is 0 Å². The maximum atomic E-state index is 5.87. The van der Waals surface area contributed by atoms with Crippen molar-refractivity contribution in [3.63, 3.8) is 0 Å². The zero-order valence-corrected chi connectivity index (χ0v) is 11.9. The van der Waals surface area contributed by atoms with Gasteiger partial charge in [-0.15, -0.1) is 0 Å². The average Bonchev–Trinajstić information content (AvgIpc) is 2.30. The quantitative estimate of drug-likeness (QED) is 0.910. The van der Waals surface area contributed by atoms with Gasteiger partial charge in [0.15, 0.2) is 0 Å². The third kappa shape index (κ3) is 2.73. The molecule has 1 fully saturated rings. The van der Waals surface area contributed by atoms with Gasteiger partial charge in [0.05, 0.1) is 5.69 Å². The van der Waals surface area contributed by atoms with Crippen LogP contribution >= 0.6 is 27.7 Å². The number of nitrogens with two attached hydrogens (primary N) is 1. The van der Waals surface area contributed by atoms with E-state index in [1.165, 1.54) is 22.8 Å². The highest BCUT2D eigenvalue weighted by Gasteiger charge is 2.14. The van der Waals surface area contributed by atoms with E-state index >= 15 is 0 Å². The van der Waals surface area contributed by atoms with Crippen LogP contribution < -0.4 is 10.6 Å². The highest BCUT2D eigenvalue weighted by atomic mass is 79.9. The summed E-state index contributed by atoms with van der Waals surface area (Å²) in [6.07, 6.45) is 0. The van der Waals surface area contributed by atoms with Crippen LogP contribution in [-0.2, 0) is 0 Å². The summed E-state index contributed by atoms with van der Waals surface area (Å²) in [6, 6.07) is 6.55. The van der Waals surface area contributed by atoms with Crippen LogP contribution in [0.5, 0.6) is 0 Å². The Hall–Kier alpha value is -0.190. The Morgan fingerprint density at radius 1 is 1.38 bits per heavy atom. The molecule has 1 heterocycles. The van der Waals surface area contributed by atoms with Crippen LogP contribution in [0, 0.1) is 0 Å². The summed E-state index contributed by atoms with van der Waals surface area (Å²) in [4.78, 5) is 2.44. The smallest absolute Gasteiger partial charge is 0.0511 e. The molecular formula is C12H17BrN2S. The largest absolute Gasteiger partial charge is 0.369 e. The fourth-order valence-corrected chi connectivity index (χ4v) is 3.42. The lowest BCUT2D eigenvalue weighted by Gasteiger charge is -2.29. The standard InChI is InChI=1S/C12H17BrN2S/c1-9(14)10-2-3-12(11(13)8-10)15-4-6-16-7-5-15/h2-3,8-9H,4-7,14H2,1H3. The molecule has 16 heavy (non-hydrogen) atoms. The Labute approximate surface area is 110 Å². The number of benzene rings is 1. The molecule has 0 bridgehead atoms. The molecule has 0 amide bonds. The van der Waals surface area contributed by atoms with Crippen LogP contribution in [0.2, 0.25) is 0 Å². The fraction of sp³-hybridized carbons (Fsp3) is 0.500. The topological polar surface area (TPSA) is 29.3 Å². The van der Waals surface area contributed by atoms with Crippen LogP contribution in [0.1, 0.15) is 18.5 Å². The summed E-state index contributed by atoms with van der Waals surface area (Å²) in [5, 5.41) is 0. The molecule has 2 N–H and O–H groups in total. The summed E-state index contributed by atoms with van der Waals surface area (Å²) in [6.45, 7) is 4.29. The van der Waals surface area contributed by atoms with Gasteiger partial charge in [0.25, 0.3) is 0 Å². The highest BCUT2D eigenvalue weighted by molar-refractivity contribution is 9.10. The van der Waals surface area contributed by atoms with E-state index in [9.17, 15) is 0 Å².